The fraction of sp³-hybridized carbons (Fsp3) is 0.400. The molecule has 0 saturated carbocycles. The van der Waals surface area contributed by atoms with Gasteiger partial charge in [-0.25, -0.2) is 4.98 Å². The minimum atomic E-state index is 0.0380. The highest BCUT2D eigenvalue weighted by Crippen LogP contribution is 2.22. The molecule has 1 saturated heterocycles. The number of ether oxygens (including phenoxy) is 2. The number of nitrogens with zero attached hydrogens (tertiary/aromatic N) is 3. The van der Waals surface area contributed by atoms with Gasteiger partial charge in [0.2, 0.25) is 5.88 Å². The monoisotopic (exact) mass is 355 g/mol. The average molecular weight is 355 g/mol. The summed E-state index contributed by atoms with van der Waals surface area (Å²) in [4.78, 5) is 20.5. The van der Waals surface area contributed by atoms with Crippen LogP contribution in [0.5, 0.6) is 17.4 Å². The average Bonchev–Trinajstić information content (AvgIpc) is 2.68. The Bertz CT molecular complexity index is 696. The molecule has 1 fully saturated rings. The van der Waals surface area contributed by atoms with Gasteiger partial charge in [0.05, 0.1) is 0 Å². The molecule has 6 heteroatoms. The van der Waals surface area contributed by atoms with Crippen molar-refractivity contribution in [2.75, 3.05) is 33.8 Å². The summed E-state index contributed by atoms with van der Waals surface area (Å²) in [6, 6.07) is 13.3. The van der Waals surface area contributed by atoms with Gasteiger partial charge in [-0.15, -0.1) is 0 Å². The molecule has 0 aliphatic carbocycles. The summed E-state index contributed by atoms with van der Waals surface area (Å²) in [6.07, 6.45) is 3.70. The molecule has 1 amide bonds. The number of carbonyl (C=O) groups is 1. The molecule has 3 rings (SSSR count). The Hall–Kier alpha value is -2.60. The number of hydrogen-bond donors (Lipinski definition) is 0. The Kier molecular flexibility index (Phi) is 6.07. The minimum absolute atomic E-state index is 0.0380. The molecule has 1 aliphatic rings. The Balaban J connectivity index is 1.45. The smallest absolute Gasteiger partial charge is 0.260 e. The van der Waals surface area contributed by atoms with Crippen LogP contribution in [-0.2, 0) is 4.79 Å². The van der Waals surface area contributed by atoms with Crippen molar-refractivity contribution in [1.82, 2.24) is 14.8 Å². The van der Waals surface area contributed by atoms with E-state index in [1.165, 1.54) is 0 Å². The standard InChI is InChI=1S/C20H25N3O3/c1-22(2)16-10-13-23(14-11-16)20(24)15-25-17-6-8-18(9-7-17)26-19-5-3-4-12-21-19/h3-9,12,16H,10-11,13-15H2,1-2H3. The number of aromatic nitrogens is 1. The third-order valence-electron chi connectivity index (χ3n) is 4.59. The fourth-order valence-electron chi connectivity index (χ4n) is 3.00. The second-order valence-electron chi connectivity index (χ2n) is 6.61. The summed E-state index contributed by atoms with van der Waals surface area (Å²) in [5, 5.41) is 0. The Morgan fingerprint density at radius 3 is 2.42 bits per heavy atom. The van der Waals surface area contributed by atoms with E-state index in [0.29, 0.717) is 23.4 Å². The quantitative estimate of drug-likeness (QED) is 0.798. The van der Waals surface area contributed by atoms with Gasteiger partial charge in [-0.1, -0.05) is 6.07 Å². The first-order valence-corrected chi connectivity index (χ1v) is 8.88. The molecule has 2 heterocycles. The van der Waals surface area contributed by atoms with Crippen molar-refractivity contribution in [2.45, 2.75) is 18.9 Å². The number of piperidine rings is 1. The minimum Gasteiger partial charge on any atom is -0.484 e. The molecule has 0 unspecified atom stereocenters. The molecular weight excluding hydrogens is 330 g/mol. The van der Waals surface area contributed by atoms with Gasteiger partial charge in [-0.05, 0) is 57.3 Å². The number of amides is 1. The highest BCUT2D eigenvalue weighted by molar-refractivity contribution is 5.77. The molecule has 26 heavy (non-hydrogen) atoms. The number of carbonyl (C=O) groups excluding carboxylic acids is 1. The molecule has 1 aromatic heterocycles. The van der Waals surface area contributed by atoms with E-state index in [-0.39, 0.29) is 12.5 Å². The topological polar surface area (TPSA) is 54.9 Å². The van der Waals surface area contributed by atoms with E-state index in [4.69, 9.17) is 9.47 Å². The van der Waals surface area contributed by atoms with E-state index in [2.05, 4.69) is 24.0 Å². The third kappa shape index (κ3) is 4.95. The lowest BCUT2D eigenvalue weighted by molar-refractivity contribution is -0.134. The summed E-state index contributed by atoms with van der Waals surface area (Å²) in [5.74, 6) is 1.90. The maximum atomic E-state index is 12.3. The van der Waals surface area contributed by atoms with Gasteiger partial charge in [0.1, 0.15) is 11.5 Å². The van der Waals surface area contributed by atoms with Crippen LogP contribution in [0.2, 0.25) is 0 Å². The Morgan fingerprint density at radius 2 is 1.81 bits per heavy atom. The summed E-state index contributed by atoms with van der Waals surface area (Å²) < 4.78 is 11.3. The molecule has 1 aromatic carbocycles. The van der Waals surface area contributed by atoms with E-state index in [1.807, 2.05) is 17.0 Å². The lowest BCUT2D eigenvalue weighted by Crippen LogP contribution is -2.45. The van der Waals surface area contributed by atoms with Gasteiger partial charge in [-0.2, -0.15) is 0 Å². The second kappa shape index (κ2) is 8.67. The second-order valence-corrected chi connectivity index (χ2v) is 6.61. The van der Waals surface area contributed by atoms with Gasteiger partial charge in [0.25, 0.3) is 5.91 Å². The number of pyridine rings is 1. The molecule has 0 spiro atoms. The molecule has 1 aliphatic heterocycles. The highest BCUT2D eigenvalue weighted by Gasteiger charge is 2.23. The van der Waals surface area contributed by atoms with Crippen LogP contribution in [-0.4, -0.2) is 60.5 Å². The fourth-order valence-corrected chi connectivity index (χ4v) is 3.00. The van der Waals surface area contributed by atoms with Crippen LogP contribution >= 0.6 is 0 Å². The lowest BCUT2D eigenvalue weighted by Gasteiger charge is -2.35. The predicted molar refractivity (Wildman–Crippen MR) is 99.5 cm³/mol. The van der Waals surface area contributed by atoms with Crippen molar-refractivity contribution < 1.29 is 14.3 Å². The van der Waals surface area contributed by atoms with Crippen molar-refractivity contribution in [2.24, 2.45) is 0 Å². The van der Waals surface area contributed by atoms with Crippen LogP contribution in [0.15, 0.2) is 48.7 Å². The molecule has 0 radical (unpaired) electrons. The first-order chi connectivity index (χ1) is 12.6. The van der Waals surface area contributed by atoms with Crippen LogP contribution in [0.4, 0.5) is 0 Å². The van der Waals surface area contributed by atoms with Crippen LogP contribution in [0, 0.1) is 0 Å². The number of likely N-dealkylation sites (tertiary alicyclic amines) is 1. The van der Waals surface area contributed by atoms with E-state index >= 15 is 0 Å². The summed E-state index contributed by atoms with van der Waals surface area (Å²) >= 11 is 0. The van der Waals surface area contributed by atoms with Crippen molar-refractivity contribution in [3.8, 4) is 17.4 Å². The molecule has 0 atom stereocenters. The van der Waals surface area contributed by atoms with Gasteiger partial charge in [-0.3, -0.25) is 4.79 Å². The predicted octanol–water partition coefficient (Wildman–Crippen LogP) is 2.81. The zero-order chi connectivity index (χ0) is 18.4. The third-order valence-corrected chi connectivity index (χ3v) is 4.59. The molecule has 6 nitrogen and oxygen atoms in total. The van der Waals surface area contributed by atoms with E-state index in [0.717, 1.165) is 25.9 Å². The van der Waals surface area contributed by atoms with Crippen LogP contribution < -0.4 is 9.47 Å². The number of hydrogen-bond acceptors (Lipinski definition) is 5. The summed E-state index contributed by atoms with van der Waals surface area (Å²) in [5.41, 5.74) is 0. The first kappa shape index (κ1) is 18.2. The SMILES string of the molecule is CN(C)C1CCN(C(=O)COc2ccc(Oc3ccccn3)cc2)CC1. The summed E-state index contributed by atoms with van der Waals surface area (Å²) in [7, 11) is 4.18. The van der Waals surface area contributed by atoms with Gasteiger partial charge in [0, 0.05) is 31.4 Å². The first-order valence-electron chi connectivity index (χ1n) is 8.88. The summed E-state index contributed by atoms with van der Waals surface area (Å²) in [6.45, 7) is 1.65. The van der Waals surface area contributed by atoms with Gasteiger partial charge < -0.3 is 19.3 Å². The zero-order valence-corrected chi connectivity index (χ0v) is 15.3. The highest BCUT2D eigenvalue weighted by atomic mass is 16.5. The van der Waals surface area contributed by atoms with Crippen LogP contribution in [0.1, 0.15) is 12.8 Å². The van der Waals surface area contributed by atoms with Crippen LogP contribution in [0.25, 0.3) is 0 Å². The number of rotatable bonds is 6. The normalized spacial score (nSPS) is 15.1. The number of benzene rings is 1. The maximum Gasteiger partial charge on any atom is 0.260 e. The van der Waals surface area contributed by atoms with Gasteiger partial charge in [0.15, 0.2) is 6.61 Å². The molecule has 2 aromatic rings. The van der Waals surface area contributed by atoms with Gasteiger partial charge >= 0.3 is 0 Å². The molecule has 0 N–H and O–H groups in total. The lowest BCUT2D eigenvalue weighted by atomic mass is 10.0. The van der Waals surface area contributed by atoms with Crippen molar-refractivity contribution in [1.29, 1.82) is 0 Å². The molecular formula is C20H25N3O3. The van der Waals surface area contributed by atoms with Crippen molar-refractivity contribution >= 4 is 5.91 Å². The zero-order valence-electron chi connectivity index (χ0n) is 15.3. The largest absolute Gasteiger partial charge is 0.484 e. The van der Waals surface area contributed by atoms with E-state index in [9.17, 15) is 4.79 Å². The molecule has 138 valence electrons. The Labute approximate surface area is 154 Å². The van der Waals surface area contributed by atoms with E-state index in [1.54, 1.807) is 36.5 Å². The van der Waals surface area contributed by atoms with E-state index < -0.39 is 0 Å². The Morgan fingerprint density at radius 1 is 1.12 bits per heavy atom. The maximum absolute atomic E-state index is 12.3. The van der Waals surface area contributed by atoms with Crippen molar-refractivity contribution in [3.63, 3.8) is 0 Å². The van der Waals surface area contributed by atoms with Crippen molar-refractivity contribution in [3.05, 3.63) is 48.7 Å². The molecule has 0 bridgehead atoms. The van der Waals surface area contributed by atoms with Crippen LogP contribution in [0.3, 0.4) is 0 Å².